The van der Waals surface area contributed by atoms with E-state index in [-0.39, 0.29) is 5.91 Å². The molecule has 0 spiro atoms. The highest BCUT2D eigenvalue weighted by atomic mass is 16.5. The molecule has 0 saturated heterocycles. The molecule has 0 heterocycles. The van der Waals surface area contributed by atoms with Crippen LogP contribution in [0.4, 0.5) is 5.69 Å². The Hall–Kier alpha value is -2.73. The van der Waals surface area contributed by atoms with Crippen molar-refractivity contribution in [3.63, 3.8) is 0 Å². The zero-order valence-corrected chi connectivity index (χ0v) is 16.2. The number of amides is 1. The van der Waals surface area contributed by atoms with E-state index in [1.807, 2.05) is 33.2 Å². The number of benzene rings is 2. The molecule has 0 radical (unpaired) electrons. The third-order valence-electron chi connectivity index (χ3n) is 3.92. The van der Waals surface area contributed by atoms with Crippen LogP contribution in [-0.2, 0) is 6.54 Å². The van der Waals surface area contributed by atoms with Gasteiger partial charge >= 0.3 is 0 Å². The number of hydrogen-bond acceptors (Lipinski definition) is 5. The van der Waals surface area contributed by atoms with Crippen LogP contribution in [0.2, 0.25) is 0 Å². The number of nitrogens with zero attached hydrogens (tertiary/aromatic N) is 1. The molecule has 1 N–H and O–H groups in total. The SMILES string of the molecule is COc1cc(C(=O)Nc2ccc(C)cc2CN(C)C)cc(OC)c1OC. The third kappa shape index (κ3) is 4.46. The summed E-state index contributed by atoms with van der Waals surface area (Å²) in [4.78, 5) is 14.9. The third-order valence-corrected chi connectivity index (χ3v) is 3.92. The molecule has 0 bridgehead atoms. The minimum atomic E-state index is -0.242. The highest BCUT2D eigenvalue weighted by molar-refractivity contribution is 6.05. The van der Waals surface area contributed by atoms with Gasteiger partial charge in [0.15, 0.2) is 11.5 Å². The first-order valence-electron chi connectivity index (χ1n) is 8.25. The number of hydrogen-bond donors (Lipinski definition) is 1. The van der Waals surface area contributed by atoms with Crippen LogP contribution in [0.1, 0.15) is 21.5 Å². The maximum atomic E-state index is 12.8. The van der Waals surface area contributed by atoms with Crippen LogP contribution in [0.5, 0.6) is 17.2 Å². The van der Waals surface area contributed by atoms with Gasteiger partial charge in [-0.1, -0.05) is 17.7 Å². The van der Waals surface area contributed by atoms with Gasteiger partial charge in [0.1, 0.15) is 0 Å². The van der Waals surface area contributed by atoms with Crippen LogP contribution in [0, 0.1) is 6.92 Å². The average Bonchev–Trinajstić information content (AvgIpc) is 2.61. The molecule has 26 heavy (non-hydrogen) atoms. The molecule has 6 heteroatoms. The smallest absolute Gasteiger partial charge is 0.255 e. The molecule has 0 aliphatic heterocycles. The molecule has 140 valence electrons. The van der Waals surface area contributed by atoms with Gasteiger partial charge in [-0.15, -0.1) is 0 Å². The highest BCUT2D eigenvalue weighted by Crippen LogP contribution is 2.38. The molecule has 2 aromatic carbocycles. The van der Waals surface area contributed by atoms with Crippen molar-refractivity contribution in [2.45, 2.75) is 13.5 Å². The first kappa shape index (κ1) is 19.6. The van der Waals surface area contributed by atoms with Gasteiger partial charge in [0, 0.05) is 17.8 Å². The Kier molecular flexibility index (Phi) is 6.46. The van der Waals surface area contributed by atoms with E-state index in [0.717, 1.165) is 23.4 Å². The van der Waals surface area contributed by atoms with E-state index in [4.69, 9.17) is 14.2 Å². The van der Waals surface area contributed by atoms with E-state index in [2.05, 4.69) is 16.3 Å². The predicted molar refractivity (Wildman–Crippen MR) is 103 cm³/mol. The first-order chi connectivity index (χ1) is 12.4. The van der Waals surface area contributed by atoms with Crippen molar-refractivity contribution >= 4 is 11.6 Å². The summed E-state index contributed by atoms with van der Waals surface area (Å²) in [6.07, 6.45) is 0. The van der Waals surface area contributed by atoms with E-state index in [1.165, 1.54) is 21.3 Å². The van der Waals surface area contributed by atoms with Gasteiger partial charge in [0.2, 0.25) is 5.75 Å². The number of rotatable bonds is 7. The second-order valence-corrected chi connectivity index (χ2v) is 6.27. The molecule has 6 nitrogen and oxygen atoms in total. The molecular formula is C20H26N2O4. The Balaban J connectivity index is 2.36. The maximum absolute atomic E-state index is 12.8. The quantitative estimate of drug-likeness (QED) is 0.823. The van der Waals surface area contributed by atoms with Crippen LogP contribution < -0.4 is 19.5 Å². The summed E-state index contributed by atoms with van der Waals surface area (Å²) in [7, 11) is 8.56. The van der Waals surface area contributed by atoms with Gasteiger partial charge in [-0.25, -0.2) is 0 Å². The number of nitrogens with one attached hydrogen (secondary N) is 1. The summed E-state index contributed by atoms with van der Waals surface area (Å²) in [6, 6.07) is 9.24. The summed E-state index contributed by atoms with van der Waals surface area (Å²) in [6.45, 7) is 2.76. The molecule has 0 aliphatic carbocycles. The minimum absolute atomic E-state index is 0.242. The Labute approximate surface area is 154 Å². The lowest BCUT2D eigenvalue weighted by atomic mass is 10.1. The minimum Gasteiger partial charge on any atom is -0.493 e. The fourth-order valence-corrected chi connectivity index (χ4v) is 2.72. The largest absolute Gasteiger partial charge is 0.493 e. The Morgan fingerprint density at radius 1 is 1.00 bits per heavy atom. The lowest BCUT2D eigenvalue weighted by Gasteiger charge is -2.17. The van der Waals surface area contributed by atoms with Crippen LogP contribution in [0.15, 0.2) is 30.3 Å². The molecule has 0 aromatic heterocycles. The van der Waals surface area contributed by atoms with Gasteiger partial charge in [-0.3, -0.25) is 4.79 Å². The molecule has 0 saturated carbocycles. The van der Waals surface area contributed by atoms with Crippen LogP contribution >= 0.6 is 0 Å². The van der Waals surface area contributed by atoms with E-state index in [0.29, 0.717) is 22.8 Å². The monoisotopic (exact) mass is 358 g/mol. The van der Waals surface area contributed by atoms with Gasteiger partial charge in [0.05, 0.1) is 21.3 Å². The van der Waals surface area contributed by atoms with Gasteiger partial charge < -0.3 is 24.4 Å². The van der Waals surface area contributed by atoms with Gasteiger partial charge in [-0.05, 0) is 44.8 Å². The Bertz CT molecular complexity index is 762. The summed E-state index contributed by atoms with van der Waals surface area (Å²) in [5, 5.41) is 2.98. The Morgan fingerprint density at radius 3 is 2.12 bits per heavy atom. The van der Waals surface area contributed by atoms with Crippen molar-refractivity contribution in [1.82, 2.24) is 4.90 Å². The summed E-state index contributed by atoms with van der Waals surface area (Å²) in [5.74, 6) is 1.09. The zero-order valence-electron chi connectivity index (χ0n) is 16.2. The van der Waals surface area contributed by atoms with Crippen molar-refractivity contribution in [2.75, 3.05) is 40.7 Å². The van der Waals surface area contributed by atoms with Crippen LogP contribution in [0.25, 0.3) is 0 Å². The van der Waals surface area contributed by atoms with Gasteiger partial charge in [0.25, 0.3) is 5.91 Å². The Morgan fingerprint density at radius 2 is 1.62 bits per heavy atom. The summed E-state index contributed by atoms with van der Waals surface area (Å²) >= 11 is 0. The molecule has 2 rings (SSSR count). The molecule has 0 unspecified atom stereocenters. The molecule has 1 amide bonds. The second-order valence-electron chi connectivity index (χ2n) is 6.27. The molecule has 0 atom stereocenters. The highest BCUT2D eigenvalue weighted by Gasteiger charge is 2.18. The van der Waals surface area contributed by atoms with Crippen molar-refractivity contribution in [2.24, 2.45) is 0 Å². The summed E-state index contributed by atoms with van der Waals surface area (Å²) < 4.78 is 15.9. The van der Waals surface area contributed by atoms with Gasteiger partial charge in [-0.2, -0.15) is 0 Å². The standard InChI is InChI=1S/C20H26N2O4/c1-13-7-8-16(15(9-13)12-22(2)3)21-20(23)14-10-17(24-4)19(26-6)18(11-14)25-5/h7-11H,12H2,1-6H3,(H,21,23). The van der Waals surface area contributed by atoms with E-state index >= 15 is 0 Å². The zero-order chi connectivity index (χ0) is 19.3. The van der Waals surface area contributed by atoms with Crippen molar-refractivity contribution in [1.29, 1.82) is 0 Å². The first-order valence-corrected chi connectivity index (χ1v) is 8.25. The normalized spacial score (nSPS) is 10.6. The second kappa shape index (κ2) is 8.58. The average molecular weight is 358 g/mol. The molecule has 0 fully saturated rings. The van der Waals surface area contributed by atoms with Crippen LogP contribution in [-0.4, -0.2) is 46.2 Å². The van der Waals surface area contributed by atoms with E-state index in [1.54, 1.807) is 12.1 Å². The lowest BCUT2D eigenvalue weighted by molar-refractivity contribution is 0.102. The van der Waals surface area contributed by atoms with Crippen molar-refractivity contribution < 1.29 is 19.0 Å². The lowest BCUT2D eigenvalue weighted by Crippen LogP contribution is -2.17. The predicted octanol–water partition coefficient (Wildman–Crippen LogP) is 3.33. The van der Waals surface area contributed by atoms with Crippen LogP contribution in [0.3, 0.4) is 0 Å². The number of carbonyl (C=O) groups is 1. The number of ether oxygens (including phenoxy) is 3. The van der Waals surface area contributed by atoms with Crippen molar-refractivity contribution in [3.8, 4) is 17.2 Å². The summed E-state index contributed by atoms with van der Waals surface area (Å²) in [5.41, 5.74) is 3.40. The number of carbonyl (C=O) groups excluding carboxylic acids is 1. The van der Waals surface area contributed by atoms with E-state index < -0.39 is 0 Å². The number of anilines is 1. The molecule has 0 aliphatic rings. The van der Waals surface area contributed by atoms with E-state index in [9.17, 15) is 4.79 Å². The fraction of sp³-hybridized carbons (Fsp3) is 0.350. The molecular weight excluding hydrogens is 332 g/mol. The fourth-order valence-electron chi connectivity index (χ4n) is 2.72. The number of methoxy groups -OCH3 is 3. The number of aryl methyl sites for hydroxylation is 1. The molecule has 2 aromatic rings. The van der Waals surface area contributed by atoms with Crippen molar-refractivity contribution in [3.05, 3.63) is 47.0 Å². The topological polar surface area (TPSA) is 60.0 Å². The maximum Gasteiger partial charge on any atom is 0.255 e.